The Labute approximate surface area is 123 Å². The van der Waals surface area contributed by atoms with Crippen molar-refractivity contribution in [2.75, 3.05) is 6.54 Å². The van der Waals surface area contributed by atoms with E-state index in [0.717, 1.165) is 37.1 Å². The molecule has 3 heteroatoms. The summed E-state index contributed by atoms with van der Waals surface area (Å²) in [5.41, 5.74) is 1.21. The summed E-state index contributed by atoms with van der Waals surface area (Å²) in [6, 6.07) is 4.47. The van der Waals surface area contributed by atoms with Crippen molar-refractivity contribution in [1.82, 2.24) is 10.3 Å². The third kappa shape index (κ3) is 4.20. The SMILES string of the molecule is CCNC(C)c1ccc(OC2CC(C)CC(C)C2)nc1. The molecule has 3 nitrogen and oxygen atoms in total. The number of hydrogen-bond donors (Lipinski definition) is 1. The molecule has 1 saturated carbocycles. The Morgan fingerprint density at radius 1 is 1.25 bits per heavy atom. The molecular formula is C17H28N2O. The molecule has 1 aliphatic carbocycles. The van der Waals surface area contributed by atoms with E-state index >= 15 is 0 Å². The zero-order valence-corrected chi connectivity index (χ0v) is 13.2. The van der Waals surface area contributed by atoms with Gasteiger partial charge in [0.2, 0.25) is 5.88 Å². The number of nitrogens with zero attached hydrogens (tertiary/aromatic N) is 1. The lowest BCUT2D eigenvalue weighted by Crippen LogP contribution is -2.28. The molecule has 1 fully saturated rings. The predicted octanol–water partition coefficient (Wildman–Crippen LogP) is 3.96. The molecule has 20 heavy (non-hydrogen) atoms. The van der Waals surface area contributed by atoms with Gasteiger partial charge in [0.05, 0.1) is 0 Å². The second kappa shape index (κ2) is 7.07. The van der Waals surface area contributed by atoms with Gasteiger partial charge in [-0.2, -0.15) is 0 Å². The molecule has 1 aromatic rings. The van der Waals surface area contributed by atoms with E-state index in [2.05, 4.69) is 44.1 Å². The smallest absolute Gasteiger partial charge is 0.213 e. The highest BCUT2D eigenvalue weighted by atomic mass is 16.5. The second-order valence-corrected chi connectivity index (χ2v) is 6.37. The second-order valence-electron chi connectivity index (χ2n) is 6.37. The number of hydrogen-bond acceptors (Lipinski definition) is 3. The van der Waals surface area contributed by atoms with E-state index in [4.69, 9.17) is 4.74 Å². The Morgan fingerprint density at radius 2 is 1.95 bits per heavy atom. The average molecular weight is 276 g/mol. The van der Waals surface area contributed by atoms with Crippen LogP contribution in [0.25, 0.3) is 0 Å². The first kappa shape index (κ1) is 15.3. The molecule has 3 atom stereocenters. The zero-order chi connectivity index (χ0) is 14.5. The van der Waals surface area contributed by atoms with Crippen LogP contribution in [-0.4, -0.2) is 17.6 Å². The summed E-state index contributed by atoms with van der Waals surface area (Å²) in [6.45, 7) is 9.89. The lowest BCUT2D eigenvalue weighted by Gasteiger charge is -2.31. The van der Waals surface area contributed by atoms with Crippen LogP contribution in [0, 0.1) is 11.8 Å². The molecule has 0 aromatic carbocycles. The fourth-order valence-corrected chi connectivity index (χ4v) is 3.28. The van der Waals surface area contributed by atoms with E-state index in [-0.39, 0.29) is 0 Å². The maximum absolute atomic E-state index is 6.06. The van der Waals surface area contributed by atoms with Crippen LogP contribution in [0.1, 0.15) is 58.6 Å². The van der Waals surface area contributed by atoms with E-state index in [0.29, 0.717) is 12.1 Å². The van der Waals surface area contributed by atoms with Crippen molar-refractivity contribution in [3.8, 4) is 5.88 Å². The number of pyridine rings is 1. The number of rotatable bonds is 5. The number of nitrogens with one attached hydrogen (secondary N) is 1. The first-order chi connectivity index (χ1) is 9.58. The van der Waals surface area contributed by atoms with Gasteiger partial charge in [-0.25, -0.2) is 4.98 Å². The Kier molecular flexibility index (Phi) is 5.41. The molecule has 0 amide bonds. The van der Waals surface area contributed by atoms with Crippen LogP contribution < -0.4 is 10.1 Å². The first-order valence-electron chi connectivity index (χ1n) is 7.94. The van der Waals surface area contributed by atoms with Crippen molar-refractivity contribution in [1.29, 1.82) is 0 Å². The summed E-state index contributed by atoms with van der Waals surface area (Å²) in [7, 11) is 0. The summed E-state index contributed by atoms with van der Waals surface area (Å²) < 4.78 is 6.06. The molecule has 0 saturated heterocycles. The van der Waals surface area contributed by atoms with Gasteiger partial charge in [0, 0.05) is 18.3 Å². The summed E-state index contributed by atoms with van der Waals surface area (Å²) >= 11 is 0. The largest absolute Gasteiger partial charge is 0.474 e. The molecule has 1 aliphatic rings. The van der Waals surface area contributed by atoms with Gasteiger partial charge in [0.1, 0.15) is 6.10 Å². The van der Waals surface area contributed by atoms with Crippen molar-refractivity contribution in [3.63, 3.8) is 0 Å². The van der Waals surface area contributed by atoms with Crippen LogP contribution in [0.2, 0.25) is 0 Å². The Hall–Kier alpha value is -1.09. The Morgan fingerprint density at radius 3 is 2.50 bits per heavy atom. The normalized spacial score (nSPS) is 28.1. The van der Waals surface area contributed by atoms with Gasteiger partial charge in [0.15, 0.2) is 0 Å². The van der Waals surface area contributed by atoms with Crippen molar-refractivity contribution >= 4 is 0 Å². The van der Waals surface area contributed by atoms with Crippen LogP contribution in [0.15, 0.2) is 18.3 Å². The molecule has 0 radical (unpaired) electrons. The van der Waals surface area contributed by atoms with E-state index < -0.39 is 0 Å². The van der Waals surface area contributed by atoms with Crippen molar-refractivity contribution in [2.45, 2.75) is 59.1 Å². The maximum atomic E-state index is 6.06. The molecule has 0 aliphatic heterocycles. The van der Waals surface area contributed by atoms with Gasteiger partial charge in [-0.15, -0.1) is 0 Å². The highest BCUT2D eigenvalue weighted by Crippen LogP contribution is 2.30. The van der Waals surface area contributed by atoms with Gasteiger partial charge in [0.25, 0.3) is 0 Å². The molecule has 0 spiro atoms. The lowest BCUT2D eigenvalue weighted by atomic mass is 9.82. The quantitative estimate of drug-likeness (QED) is 0.884. The van der Waals surface area contributed by atoms with Crippen LogP contribution in [0.5, 0.6) is 5.88 Å². The predicted molar refractivity (Wildman–Crippen MR) is 82.9 cm³/mol. The lowest BCUT2D eigenvalue weighted by molar-refractivity contribution is 0.0967. The summed E-state index contributed by atoms with van der Waals surface area (Å²) in [4.78, 5) is 4.46. The minimum absolute atomic E-state index is 0.332. The van der Waals surface area contributed by atoms with Gasteiger partial charge < -0.3 is 10.1 Å². The molecule has 0 bridgehead atoms. The molecular weight excluding hydrogens is 248 g/mol. The van der Waals surface area contributed by atoms with Crippen LogP contribution in [0.4, 0.5) is 0 Å². The fraction of sp³-hybridized carbons (Fsp3) is 0.706. The van der Waals surface area contributed by atoms with Crippen LogP contribution in [-0.2, 0) is 0 Å². The number of ether oxygens (including phenoxy) is 1. The average Bonchev–Trinajstić information content (AvgIpc) is 2.38. The minimum atomic E-state index is 0.332. The molecule has 1 aromatic heterocycles. The maximum Gasteiger partial charge on any atom is 0.213 e. The van der Waals surface area contributed by atoms with Crippen molar-refractivity contribution in [2.24, 2.45) is 11.8 Å². The summed E-state index contributed by atoms with van der Waals surface area (Å²) in [5.74, 6) is 2.29. The third-order valence-electron chi connectivity index (χ3n) is 4.19. The monoisotopic (exact) mass is 276 g/mol. The van der Waals surface area contributed by atoms with E-state index in [1.165, 1.54) is 12.0 Å². The van der Waals surface area contributed by atoms with Crippen LogP contribution in [0.3, 0.4) is 0 Å². The van der Waals surface area contributed by atoms with E-state index in [9.17, 15) is 0 Å². The fourth-order valence-electron chi connectivity index (χ4n) is 3.28. The van der Waals surface area contributed by atoms with Gasteiger partial charge in [-0.05, 0) is 50.1 Å². The molecule has 1 heterocycles. The van der Waals surface area contributed by atoms with E-state index in [1.54, 1.807) is 0 Å². The first-order valence-corrected chi connectivity index (χ1v) is 7.94. The van der Waals surface area contributed by atoms with Crippen molar-refractivity contribution < 1.29 is 4.74 Å². The minimum Gasteiger partial charge on any atom is -0.474 e. The summed E-state index contributed by atoms with van der Waals surface area (Å²) in [6.07, 6.45) is 5.90. The highest BCUT2D eigenvalue weighted by molar-refractivity contribution is 5.20. The van der Waals surface area contributed by atoms with E-state index in [1.807, 2.05) is 12.3 Å². The molecule has 3 unspecified atom stereocenters. The molecule has 1 N–H and O–H groups in total. The Balaban J connectivity index is 1.93. The topological polar surface area (TPSA) is 34.1 Å². The molecule has 112 valence electrons. The standard InChI is InChI=1S/C17H28N2O/c1-5-18-14(4)15-6-7-17(19-11-15)20-16-9-12(2)8-13(3)10-16/h6-7,11-14,16,18H,5,8-10H2,1-4H3. The third-order valence-corrected chi connectivity index (χ3v) is 4.19. The van der Waals surface area contributed by atoms with Gasteiger partial charge >= 0.3 is 0 Å². The van der Waals surface area contributed by atoms with Gasteiger partial charge in [-0.1, -0.05) is 26.8 Å². The number of aromatic nitrogens is 1. The van der Waals surface area contributed by atoms with Crippen LogP contribution >= 0.6 is 0 Å². The van der Waals surface area contributed by atoms with Gasteiger partial charge in [-0.3, -0.25) is 0 Å². The zero-order valence-electron chi connectivity index (χ0n) is 13.2. The van der Waals surface area contributed by atoms with Crippen molar-refractivity contribution in [3.05, 3.63) is 23.9 Å². The highest BCUT2D eigenvalue weighted by Gasteiger charge is 2.25. The molecule has 2 rings (SSSR count). The summed E-state index contributed by atoms with van der Waals surface area (Å²) in [5, 5.41) is 3.39. The Bertz CT molecular complexity index is 394.